The second kappa shape index (κ2) is 5.19. The van der Waals surface area contributed by atoms with E-state index in [0.717, 1.165) is 6.54 Å². The van der Waals surface area contributed by atoms with Crippen LogP contribution in [0.4, 0.5) is 0 Å². The molecule has 2 N–H and O–H groups in total. The summed E-state index contributed by atoms with van der Waals surface area (Å²) in [6.07, 6.45) is -1.07. The van der Waals surface area contributed by atoms with E-state index in [4.69, 9.17) is 4.74 Å². The molecule has 1 unspecified atom stereocenters. The lowest BCUT2D eigenvalue weighted by molar-refractivity contribution is -0.164. The van der Waals surface area contributed by atoms with Crippen molar-refractivity contribution in [1.82, 2.24) is 5.32 Å². The first kappa shape index (κ1) is 12.4. The molecule has 0 aromatic heterocycles. The van der Waals surface area contributed by atoms with Gasteiger partial charge < -0.3 is 15.2 Å². The Morgan fingerprint density at radius 3 is 2.46 bits per heavy atom. The zero-order valence-corrected chi connectivity index (χ0v) is 8.76. The highest BCUT2D eigenvalue weighted by atomic mass is 16.6. The largest absolute Gasteiger partial charge is 0.458 e. The first-order valence-corrected chi connectivity index (χ1v) is 4.48. The molecule has 0 amide bonds. The zero-order chi connectivity index (χ0) is 10.5. The summed E-state index contributed by atoms with van der Waals surface area (Å²) >= 11 is 0. The van der Waals surface area contributed by atoms with Crippen LogP contribution in [0.25, 0.3) is 0 Å². The van der Waals surface area contributed by atoms with Crippen LogP contribution >= 0.6 is 0 Å². The number of carbonyl (C=O) groups excluding carboxylic acids is 1. The number of ether oxygens (including phenoxy) is 1. The molecule has 0 aromatic carbocycles. The summed E-state index contributed by atoms with van der Waals surface area (Å²) in [7, 11) is 0. The van der Waals surface area contributed by atoms with Crippen molar-refractivity contribution in [3.05, 3.63) is 0 Å². The second-order valence-corrected chi connectivity index (χ2v) is 3.86. The lowest BCUT2D eigenvalue weighted by atomic mass is 10.2. The first-order valence-electron chi connectivity index (χ1n) is 4.48. The highest BCUT2D eigenvalue weighted by Crippen LogP contribution is 2.07. The van der Waals surface area contributed by atoms with E-state index in [1.165, 1.54) is 0 Å². The average molecular weight is 189 g/mol. The Morgan fingerprint density at radius 1 is 1.54 bits per heavy atom. The highest BCUT2D eigenvalue weighted by Gasteiger charge is 2.22. The monoisotopic (exact) mass is 189 g/mol. The Balaban J connectivity index is 3.83. The van der Waals surface area contributed by atoms with Crippen LogP contribution < -0.4 is 5.32 Å². The summed E-state index contributed by atoms with van der Waals surface area (Å²) in [6.45, 7) is 8.17. The third kappa shape index (κ3) is 6.54. The van der Waals surface area contributed by atoms with E-state index in [9.17, 15) is 9.90 Å². The molecule has 0 heterocycles. The molecule has 78 valence electrons. The van der Waals surface area contributed by atoms with Crippen LogP contribution in [0.1, 0.15) is 27.7 Å². The summed E-state index contributed by atoms with van der Waals surface area (Å²) in [4.78, 5) is 11.2. The summed E-state index contributed by atoms with van der Waals surface area (Å²) in [5.74, 6) is -0.576. The minimum Gasteiger partial charge on any atom is -0.458 e. The maximum Gasteiger partial charge on any atom is 0.336 e. The molecular weight excluding hydrogens is 170 g/mol. The van der Waals surface area contributed by atoms with E-state index in [1.54, 1.807) is 20.8 Å². The van der Waals surface area contributed by atoms with E-state index >= 15 is 0 Å². The molecule has 1 atom stereocenters. The number of carbonyl (C=O) groups is 1. The summed E-state index contributed by atoms with van der Waals surface area (Å²) in [5.41, 5.74) is -0.537. The van der Waals surface area contributed by atoms with Gasteiger partial charge in [0.1, 0.15) is 5.60 Å². The molecule has 0 aromatic rings. The maximum absolute atomic E-state index is 11.2. The summed E-state index contributed by atoms with van der Waals surface area (Å²) in [5, 5.41) is 12.1. The van der Waals surface area contributed by atoms with Crippen molar-refractivity contribution in [3.8, 4) is 0 Å². The number of hydrogen-bond donors (Lipinski definition) is 2. The number of rotatable bonds is 4. The predicted molar refractivity (Wildman–Crippen MR) is 50.4 cm³/mol. The van der Waals surface area contributed by atoms with Crippen LogP contribution in [0.2, 0.25) is 0 Å². The fraction of sp³-hybridized carbons (Fsp3) is 0.889. The summed E-state index contributed by atoms with van der Waals surface area (Å²) < 4.78 is 4.97. The Labute approximate surface area is 79.3 Å². The smallest absolute Gasteiger partial charge is 0.336 e. The topological polar surface area (TPSA) is 58.6 Å². The molecule has 0 rings (SSSR count). The first-order chi connectivity index (χ1) is 5.87. The Bertz CT molecular complexity index is 163. The van der Waals surface area contributed by atoms with Gasteiger partial charge >= 0.3 is 5.97 Å². The van der Waals surface area contributed by atoms with Gasteiger partial charge in [-0.15, -0.1) is 0 Å². The van der Waals surface area contributed by atoms with Crippen molar-refractivity contribution < 1.29 is 14.6 Å². The second-order valence-electron chi connectivity index (χ2n) is 3.86. The molecule has 13 heavy (non-hydrogen) atoms. The van der Waals surface area contributed by atoms with E-state index in [0.29, 0.717) is 0 Å². The minimum atomic E-state index is -1.07. The number of aliphatic hydroxyl groups excluding tert-OH is 1. The average Bonchev–Trinajstić information content (AvgIpc) is 1.96. The molecule has 0 saturated heterocycles. The van der Waals surface area contributed by atoms with Gasteiger partial charge in [0.15, 0.2) is 6.10 Å². The third-order valence-electron chi connectivity index (χ3n) is 1.27. The van der Waals surface area contributed by atoms with Crippen molar-refractivity contribution in [2.45, 2.75) is 39.4 Å². The van der Waals surface area contributed by atoms with Gasteiger partial charge in [0.2, 0.25) is 0 Å². The highest BCUT2D eigenvalue weighted by molar-refractivity contribution is 5.75. The van der Waals surface area contributed by atoms with Crippen LogP contribution in [0.5, 0.6) is 0 Å². The van der Waals surface area contributed by atoms with Crippen molar-refractivity contribution in [2.24, 2.45) is 0 Å². The fourth-order valence-corrected chi connectivity index (χ4v) is 0.734. The molecule has 0 aliphatic heterocycles. The summed E-state index contributed by atoms with van der Waals surface area (Å²) in [6, 6.07) is 0. The van der Waals surface area contributed by atoms with Gasteiger partial charge in [-0.3, -0.25) is 0 Å². The normalized spacial score (nSPS) is 13.9. The van der Waals surface area contributed by atoms with E-state index < -0.39 is 17.7 Å². The van der Waals surface area contributed by atoms with Crippen molar-refractivity contribution in [3.63, 3.8) is 0 Å². The number of hydrogen-bond acceptors (Lipinski definition) is 4. The van der Waals surface area contributed by atoms with Crippen LogP contribution in [-0.2, 0) is 9.53 Å². The molecule has 0 spiro atoms. The van der Waals surface area contributed by atoms with E-state index in [2.05, 4.69) is 5.32 Å². The molecule has 0 bridgehead atoms. The number of nitrogens with one attached hydrogen (secondary N) is 1. The zero-order valence-electron chi connectivity index (χ0n) is 8.76. The van der Waals surface area contributed by atoms with Gasteiger partial charge in [0.05, 0.1) is 0 Å². The molecule has 4 heteroatoms. The molecule has 0 radical (unpaired) electrons. The lowest BCUT2D eigenvalue weighted by Gasteiger charge is -2.21. The Kier molecular flexibility index (Phi) is 4.95. The van der Waals surface area contributed by atoms with Gasteiger partial charge in [-0.25, -0.2) is 4.79 Å². The van der Waals surface area contributed by atoms with Gasteiger partial charge in [0.25, 0.3) is 0 Å². The third-order valence-corrected chi connectivity index (χ3v) is 1.27. The predicted octanol–water partition coefficient (Wildman–Crippen LogP) is 0.298. The minimum absolute atomic E-state index is 0.241. The van der Waals surface area contributed by atoms with Crippen LogP contribution in [0.15, 0.2) is 0 Å². The van der Waals surface area contributed by atoms with Gasteiger partial charge in [-0.1, -0.05) is 6.92 Å². The Hall–Kier alpha value is -0.610. The van der Waals surface area contributed by atoms with Crippen molar-refractivity contribution >= 4 is 5.97 Å². The van der Waals surface area contributed by atoms with Crippen LogP contribution in [-0.4, -0.2) is 35.9 Å². The molecular formula is C9H19NO3. The van der Waals surface area contributed by atoms with Gasteiger partial charge in [-0.05, 0) is 27.3 Å². The lowest BCUT2D eigenvalue weighted by Crippen LogP contribution is -2.38. The Morgan fingerprint density at radius 2 is 2.08 bits per heavy atom. The quantitative estimate of drug-likeness (QED) is 0.624. The van der Waals surface area contributed by atoms with E-state index in [1.807, 2.05) is 6.92 Å². The maximum atomic E-state index is 11.2. The van der Waals surface area contributed by atoms with Gasteiger partial charge in [-0.2, -0.15) is 0 Å². The number of aliphatic hydroxyl groups is 1. The molecule has 0 aliphatic carbocycles. The number of likely N-dealkylation sites (N-methyl/N-ethyl adjacent to an activating group) is 1. The molecule has 4 nitrogen and oxygen atoms in total. The van der Waals surface area contributed by atoms with Crippen LogP contribution in [0, 0.1) is 0 Å². The molecule has 0 fully saturated rings. The molecule has 0 aliphatic rings. The standard InChI is InChI=1S/C9H19NO3/c1-5-10-6-7(11)8(12)13-9(2,3)4/h7,10-11H,5-6H2,1-4H3. The van der Waals surface area contributed by atoms with Crippen molar-refractivity contribution in [2.75, 3.05) is 13.1 Å². The van der Waals surface area contributed by atoms with E-state index in [-0.39, 0.29) is 6.54 Å². The van der Waals surface area contributed by atoms with Crippen molar-refractivity contribution in [1.29, 1.82) is 0 Å². The molecule has 0 saturated carbocycles. The fourth-order valence-electron chi connectivity index (χ4n) is 0.734. The SMILES string of the molecule is CCNCC(O)C(=O)OC(C)(C)C. The van der Waals surface area contributed by atoms with Crippen LogP contribution in [0.3, 0.4) is 0 Å². The number of esters is 1. The van der Waals surface area contributed by atoms with Gasteiger partial charge in [0, 0.05) is 6.54 Å².